The smallest absolute Gasteiger partial charge is 0.387 e. The van der Waals surface area contributed by atoms with Gasteiger partial charge in [-0.15, -0.1) is 0 Å². The fourth-order valence-corrected chi connectivity index (χ4v) is 3.65. The van der Waals surface area contributed by atoms with Crippen molar-refractivity contribution in [3.8, 4) is 5.75 Å². The van der Waals surface area contributed by atoms with Gasteiger partial charge in [-0.1, -0.05) is 24.3 Å². The molecule has 0 bridgehead atoms. The first kappa shape index (κ1) is 21.8. The number of nitrogens with zero attached hydrogens (tertiary/aromatic N) is 1. The molecule has 2 aromatic rings. The van der Waals surface area contributed by atoms with Gasteiger partial charge in [-0.05, 0) is 48.3 Å². The summed E-state index contributed by atoms with van der Waals surface area (Å²) in [5.74, 6) is -0.809. The first-order chi connectivity index (χ1) is 14.4. The van der Waals surface area contributed by atoms with Crippen LogP contribution in [0.2, 0.25) is 0 Å². The monoisotopic (exact) mass is 434 g/mol. The number of fused-ring (bicyclic) bond motifs is 1. The fourth-order valence-electron chi connectivity index (χ4n) is 3.19. The highest BCUT2D eigenvalue weighted by Gasteiger charge is 2.42. The highest BCUT2D eigenvalue weighted by Crippen LogP contribution is 2.26. The third-order valence-corrected chi connectivity index (χ3v) is 5.29. The Labute approximate surface area is 176 Å². The van der Waals surface area contributed by atoms with Crippen LogP contribution in [0, 0.1) is 0 Å². The van der Waals surface area contributed by atoms with E-state index in [0.29, 0.717) is 28.9 Å². The molecule has 0 saturated heterocycles. The zero-order chi connectivity index (χ0) is 21.7. The van der Waals surface area contributed by atoms with Gasteiger partial charge >= 0.3 is 6.61 Å². The first-order valence-corrected chi connectivity index (χ1v) is 10.6. The van der Waals surface area contributed by atoms with Crippen LogP contribution in [0.25, 0.3) is 0 Å². The molecule has 158 valence electrons. The lowest BCUT2D eigenvalue weighted by Gasteiger charge is -2.25. The number of hydrogen-bond acceptors (Lipinski definition) is 5. The summed E-state index contributed by atoms with van der Waals surface area (Å²) in [4.78, 5) is 39.4. The molecular formula is C21H20F2N2O4S. The van der Waals surface area contributed by atoms with Crippen molar-refractivity contribution in [1.82, 2.24) is 10.2 Å². The largest absolute Gasteiger partial charge is 0.435 e. The van der Waals surface area contributed by atoms with Gasteiger partial charge in [-0.3, -0.25) is 19.3 Å². The van der Waals surface area contributed by atoms with Gasteiger partial charge in [0.05, 0.1) is 11.1 Å². The minimum absolute atomic E-state index is 0.0175. The number of ether oxygens (including phenoxy) is 1. The number of alkyl halides is 2. The molecule has 0 aromatic heterocycles. The molecule has 1 N–H and O–H groups in total. The van der Waals surface area contributed by atoms with Crippen LogP contribution in [0.15, 0.2) is 48.5 Å². The molecule has 3 rings (SSSR count). The molecule has 0 spiro atoms. The van der Waals surface area contributed by atoms with E-state index < -0.39 is 30.4 Å². The summed E-state index contributed by atoms with van der Waals surface area (Å²) in [6.07, 6.45) is 2.19. The molecule has 1 aliphatic rings. The van der Waals surface area contributed by atoms with Gasteiger partial charge < -0.3 is 10.1 Å². The average molecular weight is 434 g/mol. The summed E-state index contributed by atoms with van der Waals surface area (Å²) in [5.41, 5.74) is 1.24. The normalized spacial score (nSPS) is 14.1. The molecule has 0 radical (unpaired) electrons. The number of rotatable bonds is 9. The molecule has 1 atom stereocenters. The molecule has 0 aliphatic carbocycles. The second-order valence-electron chi connectivity index (χ2n) is 6.56. The van der Waals surface area contributed by atoms with Crippen LogP contribution in [-0.2, 0) is 11.3 Å². The van der Waals surface area contributed by atoms with Crippen molar-refractivity contribution in [2.45, 2.75) is 25.6 Å². The lowest BCUT2D eigenvalue weighted by Crippen LogP contribution is -2.49. The predicted octanol–water partition coefficient (Wildman–Crippen LogP) is 3.32. The minimum Gasteiger partial charge on any atom is -0.435 e. The number of thioether (sulfide) groups is 1. The van der Waals surface area contributed by atoms with E-state index in [-0.39, 0.29) is 12.3 Å². The van der Waals surface area contributed by atoms with Gasteiger partial charge in [0.25, 0.3) is 11.8 Å². The van der Waals surface area contributed by atoms with E-state index in [0.717, 1.165) is 4.90 Å². The molecular weight excluding hydrogens is 414 g/mol. The molecule has 6 nitrogen and oxygen atoms in total. The number of carbonyl (C=O) groups excluding carboxylic acids is 3. The topological polar surface area (TPSA) is 75.7 Å². The fraction of sp³-hybridized carbons (Fsp3) is 0.286. The van der Waals surface area contributed by atoms with Crippen LogP contribution in [0.1, 0.15) is 32.7 Å². The van der Waals surface area contributed by atoms with Crippen molar-refractivity contribution in [2.24, 2.45) is 0 Å². The Bertz CT molecular complexity index is 902. The highest BCUT2D eigenvalue weighted by molar-refractivity contribution is 7.98. The van der Waals surface area contributed by atoms with Crippen LogP contribution >= 0.6 is 11.8 Å². The summed E-state index contributed by atoms with van der Waals surface area (Å²) < 4.78 is 28.8. The van der Waals surface area contributed by atoms with Gasteiger partial charge in [0.1, 0.15) is 11.8 Å². The quantitative estimate of drug-likeness (QED) is 0.613. The van der Waals surface area contributed by atoms with E-state index >= 15 is 0 Å². The lowest BCUT2D eigenvalue weighted by atomic mass is 10.1. The van der Waals surface area contributed by atoms with Crippen molar-refractivity contribution in [3.63, 3.8) is 0 Å². The molecule has 9 heteroatoms. The van der Waals surface area contributed by atoms with Gasteiger partial charge in [-0.2, -0.15) is 20.5 Å². The van der Waals surface area contributed by atoms with Gasteiger partial charge in [0.15, 0.2) is 0 Å². The van der Waals surface area contributed by atoms with E-state index in [4.69, 9.17) is 0 Å². The summed E-state index contributed by atoms with van der Waals surface area (Å²) in [5, 5.41) is 2.73. The SMILES string of the molecule is CSCCC(C(=O)NCc1ccc(OC(F)F)cc1)N1C(=O)c2ccccc2C1=O. The van der Waals surface area contributed by atoms with E-state index in [1.165, 1.54) is 23.9 Å². The second kappa shape index (κ2) is 9.71. The Morgan fingerprint density at radius 1 is 1.07 bits per heavy atom. The number of nitrogens with one attached hydrogen (secondary N) is 1. The molecule has 30 heavy (non-hydrogen) atoms. The van der Waals surface area contributed by atoms with Crippen molar-refractivity contribution < 1.29 is 27.9 Å². The minimum atomic E-state index is -2.91. The lowest BCUT2D eigenvalue weighted by molar-refractivity contribution is -0.125. The van der Waals surface area contributed by atoms with Crippen LogP contribution in [-0.4, -0.2) is 47.3 Å². The number of imide groups is 1. The van der Waals surface area contributed by atoms with Gasteiger partial charge in [0.2, 0.25) is 5.91 Å². The van der Waals surface area contributed by atoms with E-state index in [9.17, 15) is 23.2 Å². The summed E-state index contributed by atoms with van der Waals surface area (Å²) in [7, 11) is 0. The van der Waals surface area contributed by atoms with Crippen molar-refractivity contribution >= 4 is 29.5 Å². The van der Waals surface area contributed by atoms with E-state index in [1.54, 1.807) is 36.4 Å². The Hall–Kier alpha value is -2.94. The zero-order valence-electron chi connectivity index (χ0n) is 16.1. The van der Waals surface area contributed by atoms with Gasteiger partial charge in [-0.25, -0.2) is 0 Å². The number of carbonyl (C=O) groups is 3. The van der Waals surface area contributed by atoms with Crippen molar-refractivity contribution in [1.29, 1.82) is 0 Å². The maximum atomic E-state index is 12.9. The van der Waals surface area contributed by atoms with Crippen molar-refractivity contribution in [3.05, 3.63) is 65.2 Å². The Morgan fingerprint density at radius 3 is 2.20 bits per heavy atom. The van der Waals surface area contributed by atoms with E-state index in [2.05, 4.69) is 10.1 Å². The second-order valence-corrected chi connectivity index (χ2v) is 7.55. The number of amides is 3. The summed E-state index contributed by atoms with van der Waals surface area (Å²) >= 11 is 1.51. The third-order valence-electron chi connectivity index (χ3n) is 4.65. The number of hydrogen-bond donors (Lipinski definition) is 1. The zero-order valence-corrected chi connectivity index (χ0v) is 17.0. The Balaban J connectivity index is 1.70. The maximum Gasteiger partial charge on any atom is 0.387 e. The van der Waals surface area contributed by atoms with E-state index in [1.807, 2.05) is 6.26 Å². The maximum absolute atomic E-state index is 12.9. The first-order valence-electron chi connectivity index (χ1n) is 9.19. The molecule has 1 aliphatic heterocycles. The Kier molecular flexibility index (Phi) is 7.04. The number of halogens is 2. The molecule has 3 amide bonds. The van der Waals surface area contributed by atoms with Crippen LogP contribution < -0.4 is 10.1 Å². The van der Waals surface area contributed by atoms with Gasteiger partial charge in [0, 0.05) is 6.54 Å². The molecule has 2 aromatic carbocycles. The standard InChI is InChI=1S/C21H20F2N2O4S/c1-30-11-10-17(25-19(27)15-4-2-3-5-16(15)20(25)28)18(26)24-12-13-6-8-14(9-7-13)29-21(22)23/h2-9,17,21H,10-12H2,1H3,(H,24,26). The van der Waals surface area contributed by atoms with Crippen LogP contribution in [0.4, 0.5) is 8.78 Å². The summed E-state index contributed by atoms with van der Waals surface area (Å²) in [6.45, 7) is -2.79. The van der Waals surface area contributed by atoms with Crippen LogP contribution in [0.3, 0.4) is 0 Å². The molecule has 0 saturated carbocycles. The van der Waals surface area contributed by atoms with Crippen LogP contribution in [0.5, 0.6) is 5.75 Å². The third kappa shape index (κ3) is 4.79. The van der Waals surface area contributed by atoms with Crippen molar-refractivity contribution in [2.75, 3.05) is 12.0 Å². The number of benzene rings is 2. The highest BCUT2D eigenvalue weighted by atomic mass is 32.2. The molecule has 1 unspecified atom stereocenters. The predicted molar refractivity (Wildman–Crippen MR) is 109 cm³/mol. The molecule has 1 heterocycles. The Morgan fingerprint density at radius 2 is 1.67 bits per heavy atom. The average Bonchev–Trinajstić information content (AvgIpc) is 2.98. The summed E-state index contributed by atoms with van der Waals surface area (Å²) in [6, 6.07) is 11.4. The molecule has 0 fully saturated rings.